The van der Waals surface area contributed by atoms with E-state index in [1.807, 2.05) is 30.3 Å². The lowest BCUT2D eigenvalue weighted by atomic mass is 10.1. The molecule has 2 amide bonds. The van der Waals surface area contributed by atoms with Crippen LogP contribution in [-0.4, -0.2) is 38.7 Å². The highest BCUT2D eigenvalue weighted by molar-refractivity contribution is 5.74. The van der Waals surface area contributed by atoms with Crippen LogP contribution in [0.5, 0.6) is 5.75 Å². The van der Waals surface area contributed by atoms with Crippen LogP contribution in [0.4, 0.5) is 4.79 Å². The minimum Gasteiger partial charge on any atom is -0.508 e. The SMILES string of the molecule is CCc1nccn1C1CCCN(C(=O)N[C@@H](C)c2cccc(O)c2)C1. The van der Waals surface area contributed by atoms with Gasteiger partial charge in [-0.05, 0) is 37.5 Å². The number of amides is 2. The molecular weight excluding hydrogens is 316 g/mol. The first-order chi connectivity index (χ1) is 12.1. The van der Waals surface area contributed by atoms with Gasteiger partial charge in [0.05, 0.1) is 12.1 Å². The van der Waals surface area contributed by atoms with Gasteiger partial charge < -0.3 is 19.9 Å². The van der Waals surface area contributed by atoms with Gasteiger partial charge in [0, 0.05) is 31.9 Å². The number of aromatic nitrogens is 2. The molecule has 1 aliphatic heterocycles. The molecule has 1 fully saturated rings. The van der Waals surface area contributed by atoms with Crippen LogP contribution < -0.4 is 5.32 Å². The van der Waals surface area contributed by atoms with E-state index < -0.39 is 0 Å². The lowest BCUT2D eigenvalue weighted by Gasteiger charge is -2.34. The Morgan fingerprint density at radius 1 is 1.48 bits per heavy atom. The van der Waals surface area contributed by atoms with Crippen molar-refractivity contribution >= 4 is 6.03 Å². The third-order valence-electron chi connectivity index (χ3n) is 4.85. The molecule has 2 aromatic rings. The van der Waals surface area contributed by atoms with Crippen LogP contribution in [0.2, 0.25) is 0 Å². The van der Waals surface area contributed by atoms with E-state index in [9.17, 15) is 9.90 Å². The van der Waals surface area contributed by atoms with E-state index in [2.05, 4.69) is 21.8 Å². The highest BCUT2D eigenvalue weighted by atomic mass is 16.3. The van der Waals surface area contributed by atoms with Crippen molar-refractivity contribution in [3.05, 3.63) is 48.0 Å². The number of piperidine rings is 1. The Balaban J connectivity index is 1.64. The molecule has 0 aliphatic carbocycles. The highest BCUT2D eigenvalue weighted by Crippen LogP contribution is 2.24. The topological polar surface area (TPSA) is 70.4 Å². The summed E-state index contributed by atoms with van der Waals surface area (Å²) in [6.07, 6.45) is 6.79. The van der Waals surface area contributed by atoms with Gasteiger partial charge in [0.25, 0.3) is 0 Å². The highest BCUT2D eigenvalue weighted by Gasteiger charge is 2.26. The quantitative estimate of drug-likeness (QED) is 0.896. The number of likely N-dealkylation sites (tertiary alicyclic amines) is 1. The van der Waals surface area contributed by atoms with E-state index in [1.165, 1.54) is 0 Å². The summed E-state index contributed by atoms with van der Waals surface area (Å²) in [7, 11) is 0. The van der Waals surface area contributed by atoms with Gasteiger partial charge in [-0.15, -0.1) is 0 Å². The molecule has 0 bridgehead atoms. The smallest absolute Gasteiger partial charge is 0.317 e. The van der Waals surface area contributed by atoms with Crippen molar-refractivity contribution in [1.82, 2.24) is 19.8 Å². The fourth-order valence-electron chi connectivity index (χ4n) is 3.47. The van der Waals surface area contributed by atoms with Crippen LogP contribution in [0.15, 0.2) is 36.7 Å². The normalized spacial score (nSPS) is 18.8. The summed E-state index contributed by atoms with van der Waals surface area (Å²) >= 11 is 0. The monoisotopic (exact) mass is 342 g/mol. The minimum atomic E-state index is -0.153. The van der Waals surface area contributed by atoms with Gasteiger partial charge in [0.2, 0.25) is 0 Å². The third kappa shape index (κ3) is 3.95. The molecule has 2 N–H and O–H groups in total. The van der Waals surface area contributed by atoms with E-state index in [1.54, 1.807) is 18.2 Å². The van der Waals surface area contributed by atoms with Crippen LogP contribution in [0, 0.1) is 0 Å². The number of phenolic OH excluding ortho intramolecular Hbond substituents is 1. The number of urea groups is 1. The molecule has 1 aromatic carbocycles. The van der Waals surface area contributed by atoms with Crippen LogP contribution in [0.1, 0.15) is 50.2 Å². The molecule has 1 aromatic heterocycles. The number of hydrogen-bond donors (Lipinski definition) is 2. The number of rotatable bonds is 4. The number of aromatic hydroxyl groups is 1. The van der Waals surface area contributed by atoms with Gasteiger partial charge in [-0.2, -0.15) is 0 Å². The number of carbonyl (C=O) groups excluding carboxylic acids is 1. The first-order valence-electron chi connectivity index (χ1n) is 8.94. The molecule has 6 heteroatoms. The molecular formula is C19H26N4O2. The zero-order valence-corrected chi connectivity index (χ0v) is 14.9. The van der Waals surface area contributed by atoms with Gasteiger partial charge in [-0.3, -0.25) is 0 Å². The van der Waals surface area contributed by atoms with E-state index in [0.29, 0.717) is 6.54 Å². The summed E-state index contributed by atoms with van der Waals surface area (Å²) in [5.41, 5.74) is 0.893. The summed E-state index contributed by atoms with van der Waals surface area (Å²) in [4.78, 5) is 18.9. The number of imidazole rings is 1. The van der Waals surface area contributed by atoms with Crippen molar-refractivity contribution in [2.24, 2.45) is 0 Å². The number of nitrogens with zero attached hydrogens (tertiary/aromatic N) is 3. The maximum absolute atomic E-state index is 12.7. The third-order valence-corrected chi connectivity index (χ3v) is 4.85. The minimum absolute atomic E-state index is 0.0568. The molecule has 6 nitrogen and oxygen atoms in total. The lowest BCUT2D eigenvalue weighted by Crippen LogP contribution is -2.46. The zero-order valence-electron chi connectivity index (χ0n) is 14.9. The fraction of sp³-hybridized carbons (Fsp3) is 0.474. The van der Waals surface area contributed by atoms with Crippen molar-refractivity contribution < 1.29 is 9.90 Å². The van der Waals surface area contributed by atoms with E-state index in [0.717, 1.165) is 37.2 Å². The Morgan fingerprint density at radius 3 is 3.08 bits per heavy atom. The summed E-state index contributed by atoms with van der Waals surface area (Å²) < 4.78 is 2.21. The predicted octanol–water partition coefficient (Wildman–Crippen LogP) is 3.26. The largest absolute Gasteiger partial charge is 0.508 e. The van der Waals surface area contributed by atoms with Crippen LogP contribution in [0.3, 0.4) is 0 Å². The van der Waals surface area contributed by atoms with Gasteiger partial charge >= 0.3 is 6.03 Å². The number of nitrogens with one attached hydrogen (secondary N) is 1. The molecule has 0 spiro atoms. The first kappa shape index (κ1) is 17.3. The Morgan fingerprint density at radius 2 is 2.32 bits per heavy atom. The van der Waals surface area contributed by atoms with Crippen LogP contribution in [-0.2, 0) is 6.42 Å². The molecule has 2 atom stereocenters. The molecule has 3 rings (SSSR count). The van der Waals surface area contributed by atoms with Gasteiger partial charge in [-0.25, -0.2) is 9.78 Å². The second kappa shape index (κ2) is 7.59. The van der Waals surface area contributed by atoms with Crippen LogP contribution >= 0.6 is 0 Å². The molecule has 1 saturated heterocycles. The van der Waals surface area contributed by atoms with E-state index in [-0.39, 0.29) is 23.9 Å². The molecule has 1 aliphatic rings. The lowest BCUT2D eigenvalue weighted by molar-refractivity contribution is 0.163. The molecule has 1 unspecified atom stereocenters. The number of hydrogen-bond acceptors (Lipinski definition) is 3. The summed E-state index contributed by atoms with van der Waals surface area (Å²) in [5, 5.41) is 12.6. The number of carbonyl (C=O) groups is 1. The Hall–Kier alpha value is -2.50. The van der Waals surface area contributed by atoms with Gasteiger partial charge in [-0.1, -0.05) is 19.1 Å². The number of aryl methyl sites for hydroxylation is 1. The standard InChI is InChI=1S/C19H26N4O2/c1-3-18-20-9-11-23(18)16-7-5-10-22(13-16)19(25)21-14(2)15-6-4-8-17(24)12-15/h4,6,8-9,11-12,14,16,24H,3,5,7,10,13H2,1-2H3,(H,21,25)/t14-,16?/m0/s1. The Labute approximate surface area is 148 Å². The maximum Gasteiger partial charge on any atom is 0.317 e. The average molecular weight is 342 g/mol. The summed E-state index contributed by atoms with van der Waals surface area (Å²) in [6.45, 7) is 5.50. The van der Waals surface area contributed by atoms with Crippen molar-refractivity contribution in [3.63, 3.8) is 0 Å². The zero-order chi connectivity index (χ0) is 17.8. The molecule has 2 heterocycles. The molecule has 0 radical (unpaired) electrons. The van der Waals surface area contributed by atoms with E-state index >= 15 is 0 Å². The number of phenols is 1. The maximum atomic E-state index is 12.7. The van der Waals surface area contributed by atoms with E-state index in [4.69, 9.17) is 0 Å². The summed E-state index contributed by atoms with van der Waals surface area (Å²) in [5.74, 6) is 1.28. The first-order valence-corrected chi connectivity index (χ1v) is 8.94. The second-order valence-corrected chi connectivity index (χ2v) is 6.61. The molecule has 0 saturated carbocycles. The van der Waals surface area contributed by atoms with Gasteiger partial charge in [0.15, 0.2) is 0 Å². The van der Waals surface area contributed by atoms with Crippen molar-refractivity contribution in [2.45, 2.75) is 45.2 Å². The summed E-state index contributed by atoms with van der Waals surface area (Å²) in [6, 6.07) is 7.08. The predicted molar refractivity (Wildman–Crippen MR) is 96.5 cm³/mol. The van der Waals surface area contributed by atoms with Crippen molar-refractivity contribution in [3.8, 4) is 5.75 Å². The molecule has 134 valence electrons. The van der Waals surface area contributed by atoms with Crippen molar-refractivity contribution in [1.29, 1.82) is 0 Å². The Kier molecular flexibility index (Phi) is 5.26. The number of benzene rings is 1. The molecule has 25 heavy (non-hydrogen) atoms. The van der Waals surface area contributed by atoms with Crippen molar-refractivity contribution in [2.75, 3.05) is 13.1 Å². The van der Waals surface area contributed by atoms with Gasteiger partial charge in [0.1, 0.15) is 11.6 Å². The van der Waals surface area contributed by atoms with Crippen LogP contribution in [0.25, 0.3) is 0 Å². The second-order valence-electron chi connectivity index (χ2n) is 6.61. The fourth-order valence-corrected chi connectivity index (χ4v) is 3.47. The average Bonchev–Trinajstić information content (AvgIpc) is 3.10. The Bertz CT molecular complexity index is 728.